The summed E-state index contributed by atoms with van der Waals surface area (Å²) in [5.41, 5.74) is 0.191. The molecule has 0 saturated carbocycles. The predicted molar refractivity (Wildman–Crippen MR) is 67.0 cm³/mol. The van der Waals surface area contributed by atoms with Gasteiger partial charge in [0.05, 0.1) is 0 Å². The summed E-state index contributed by atoms with van der Waals surface area (Å²) in [6, 6.07) is 4.25. The standard InChI is InChI=1S/C12H13FN2O5/c1-14(9-4-2-3-8(13)5-9)12(20)15(6-10(16)17)7-11(18)19/h2-5H,6-7H2,1H3,(H,16,17)(H,18,19). The van der Waals surface area contributed by atoms with Gasteiger partial charge in [-0.2, -0.15) is 0 Å². The molecule has 7 nitrogen and oxygen atoms in total. The van der Waals surface area contributed by atoms with Crippen LogP contribution in [-0.4, -0.2) is 53.2 Å². The van der Waals surface area contributed by atoms with Crippen molar-refractivity contribution in [3.05, 3.63) is 30.1 Å². The monoisotopic (exact) mass is 284 g/mol. The first kappa shape index (κ1) is 15.4. The lowest BCUT2D eigenvalue weighted by Gasteiger charge is -2.25. The Morgan fingerprint density at radius 1 is 1.15 bits per heavy atom. The maximum atomic E-state index is 13.1. The topological polar surface area (TPSA) is 98.2 Å². The number of benzene rings is 1. The summed E-state index contributed by atoms with van der Waals surface area (Å²) in [4.78, 5) is 34.9. The lowest BCUT2D eigenvalue weighted by molar-refractivity contribution is -0.140. The van der Waals surface area contributed by atoms with Crippen molar-refractivity contribution < 1.29 is 29.0 Å². The third-order valence-electron chi connectivity index (χ3n) is 2.41. The number of hydrogen-bond acceptors (Lipinski definition) is 3. The molecule has 0 atom stereocenters. The first-order valence-electron chi connectivity index (χ1n) is 5.53. The van der Waals surface area contributed by atoms with E-state index in [4.69, 9.17) is 10.2 Å². The van der Waals surface area contributed by atoms with Crippen LogP contribution in [0.3, 0.4) is 0 Å². The van der Waals surface area contributed by atoms with Crippen molar-refractivity contribution in [2.45, 2.75) is 0 Å². The first-order chi connectivity index (χ1) is 9.31. The van der Waals surface area contributed by atoms with E-state index in [9.17, 15) is 18.8 Å². The predicted octanol–water partition coefficient (Wildman–Crippen LogP) is 0.853. The Morgan fingerprint density at radius 2 is 1.70 bits per heavy atom. The van der Waals surface area contributed by atoms with Gasteiger partial charge in [0.25, 0.3) is 0 Å². The molecule has 0 aliphatic heterocycles. The fourth-order valence-electron chi connectivity index (χ4n) is 1.53. The van der Waals surface area contributed by atoms with Gasteiger partial charge in [0.15, 0.2) is 0 Å². The molecule has 2 N–H and O–H groups in total. The molecule has 0 aliphatic carbocycles. The van der Waals surface area contributed by atoms with Crippen molar-refractivity contribution in [1.82, 2.24) is 4.90 Å². The number of carbonyl (C=O) groups excluding carboxylic acids is 1. The Balaban J connectivity index is 2.92. The Morgan fingerprint density at radius 3 is 2.15 bits per heavy atom. The molecule has 108 valence electrons. The molecule has 0 spiro atoms. The van der Waals surface area contributed by atoms with E-state index in [1.165, 1.54) is 25.2 Å². The number of carboxylic acid groups (broad SMARTS) is 2. The quantitative estimate of drug-likeness (QED) is 0.835. The van der Waals surface area contributed by atoms with Gasteiger partial charge >= 0.3 is 18.0 Å². The zero-order chi connectivity index (χ0) is 15.3. The number of nitrogens with zero attached hydrogens (tertiary/aromatic N) is 2. The minimum absolute atomic E-state index is 0.191. The molecule has 0 aromatic heterocycles. The zero-order valence-corrected chi connectivity index (χ0v) is 10.6. The summed E-state index contributed by atoms with van der Waals surface area (Å²) in [5, 5.41) is 17.4. The van der Waals surface area contributed by atoms with E-state index in [1.54, 1.807) is 0 Å². The highest BCUT2D eigenvalue weighted by atomic mass is 19.1. The Hall–Kier alpha value is -2.64. The fraction of sp³-hybridized carbons (Fsp3) is 0.250. The normalized spacial score (nSPS) is 9.90. The smallest absolute Gasteiger partial charge is 0.325 e. The van der Waals surface area contributed by atoms with Crippen LogP contribution in [0, 0.1) is 5.82 Å². The summed E-state index contributed by atoms with van der Waals surface area (Å²) >= 11 is 0. The highest BCUT2D eigenvalue weighted by Gasteiger charge is 2.23. The van der Waals surface area contributed by atoms with Crippen LogP contribution in [-0.2, 0) is 9.59 Å². The van der Waals surface area contributed by atoms with Crippen LogP contribution < -0.4 is 4.90 Å². The first-order valence-corrected chi connectivity index (χ1v) is 5.53. The number of carbonyl (C=O) groups is 3. The second-order valence-electron chi connectivity index (χ2n) is 3.97. The van der Waals surface area contributed by atoms with Crippen LogP contribution in [0.1, 0.15) is 0 Å². The number of hydrogen-bond donors (Lipinski definition) is 2. The van der Waals surface area contributed by atoms with E-state index >= 15 is 0 Å². The van der Waals surface area contributed by atoms with Crippen LogP contribution in [0.15, 0.2) is 24.3 Å². The number of anilines is 1. The molecule has 20 heavy (non-hydrogen) atoms. The van der Waals surface area contributed by atoms with Gasteiger partial charge in [0, 0.05) is 12.7 Å². The SMILES string of the molecule is CN(C(=O)N(CC(=O)O)CC(=O)O)c1cccc(F)c1. The van der Waals surface area contributed by atoms with Gasteiger partial charge in [-0.3, -0.25) is 14.5 Å². The Kier molecular flexibility index (Phi) is 5.01. The zero-order valence-electron chi connectivity index (χ0n) is 10.6. The lowest BCUT2D eigenvalue weighted by Crippen LogP contribution is -2.46. The van der Waals surface area contributed by atoms with Crippen molar-refractivity contribution in [1.29, 1.82) is 0 Å². The molecule has 0 radical (unpaired) electrons. The Bertz CT molecular complexity index is 518. The van der Waals surface area contributed by atoms with Crippen molar-refractivity contribution in [2.24, 2.45) is 0 Å². The molecule has 0 bridgehead atoms. The largest absolute Gasteiger partial charge is 0.480 e. The van der Waals surface area contributed by atoms with E-state index in [0.29, 0.717) is 4.90 Å². The molecular formula is C12H13FN2O5. The highest BCUT2D eigenvalue weighted by molar-refractivity contribution is 5.94. The fourth-order valence-corrected chi connectivity index (χ4v) is 1.53. The molecule has 0 saturated heterocycles. The van der Waals surface area contributed by atoms with E-state index in [-0.39, 0.29) is 5.69 Å². The van der Waals surface area contributed by atoms with E-state index < -0.39 is 36.9 Å². The average Bonchev–Trinajstić information content (AvgIpc) is 2.35. The summed E-state index contributed by atoms with van der Waals surface area (Å²) in [7, 11) is 1.30. The average molecular weight is 284 g/mol. The molecular weight excluding hydrogens is 271 g/mol. The van der Waals surface area contributed by atoms with Gasteiger partial charge in [-0.1, -0.05) is 6.07 Å². The highest BCUT2D eigenvalue weighted by Crippen LogP contribution is 2.15. The van der Waals surface area contributed by atoms with Gasteiger partial charge in [0.1, 0.15) is 18.9 Å². The van der Waals surface area contributed by atoms with Crippen molar-refractivity contribution in [3.8, 4) is 0 Å². The van der Waals surface area contributed by atoms with E-state index in [1.807, 2.05) is 0 Å². The summed E-state index contributed by atoms with van der Waals surface area (Å²) in [5.74, 6) is -3.25. The summed E-state index contributed by atoms with van der Waals surface area (Å²) < 4.78 is 13.1. The number of halogens is 1. The van der Waals surface area contributed by atoms with Gasteiger partial charge in [-0.25, -0.2) is 9.18 Å². The minimum Gasteiger partial charge on any atom is -0.480 e. The summed E-state index contributed by atoms with van der Waals surface area (Å²) in [6.07, 6.45) is 0. The number of rotatable bonds is 5. The molecule has 0 unspecified atom stereocenters. The molecule has 1 aromatic carbocycles. The Labute approximate surface area is 113 Å². The minimum atomic E-state index is -1.34. The van der Waals surface area contributed by atoms with Crippen LogP contribution in [0.5, 0.6) is 0 Å². The van der Waals surface area contributed by atoms with Crippen LogP contribution >= 0.6 is 0 Å². The summed E-state index contributed by atoms with van der Waals surface area (Å²) in [6.45, 7) is -1.52. The van der Waals surface area contributed by atoms with Gasteiger partial charge in [-0.05, 0) is 18.2 Å². The maximum absolute atomic E-state index is 13.1. The second-order valence-corrected chi connectivity index (χ2v) is 3.97. The second kappa shape index (κ2) is 6.50. The maximum Gasteiger partial charge on any atom is 0.325 e. The van der Waals surface area contributed by atoms with E-state index in [2.05, 4.69) is 0 Å². The van der Waals surface area contributed by atoms with E-state index in [0.717, 1.165) is 11.0 Å². The number of urea groups is 1. The third-order valence-corrected chi connectivity index (χ3v) is 2.41. The third kappa shape index (κ3) is 4.23. The molecule has 1 rings (SSSR count). The molecule has 0 heterocycles. The van der Waals surface area contributed by atoms with Crippen LogP contribution in [0.25, 0.3) is 0 Å². The van der Waals surface area contributed by atoms with Gasteiger partial charge in [-0.15, -0.1) is 0 Å². The van der Waals surface area contributed by atoms with Crippen molar-refractivity contribution in [3.63, 3.8) is 0 Å². The number of carboxylic acids is 2. The van der Waals surface area contributed by atoms with Crippen molar-refractivity contribution in [2.75, 3.05) is 25.0 Å². The van der Waals surface area contributed by atoms with Gasteiger partial charge < -0.3 is 15.1 Å². The van der Waals surface area contributed by atoms with Gasteiger partial charge in [0.2, 0.25) is 0 Å². The van der Waals surface area contributed by atoms with Crippen LogP contribution in [0.4, 0.5) is 14.9 Å². The number of amides is 2. The molecule has 1 aromatic rings. The number of aliphatic carboxylic acids is 2. The van der Waals surface area contributed by atoms with Crippen LogP contribution in [0.2, 0.25) is 0 Å². The lowest BCUT2D eigenvalue weighted by atomic mass is 10.3. The molecule has 0 fully saturated rings. The van der Waals surface area contributed by atoms with Crippen molar-refractivity contribution >= 4 is 23.7 Å². The molecule has 0 aliphatic rings. The molecule has 2 amide bonds. The molecule has 8 heteroatoms.